The summed E-state index contributed by atoms with van der Waals surface area (Å²) < 4.78 is 5.19. The van der Waals surface area contributed by atoms with Crippen molar-refractivity contribution in [3.8, 4) is 0 Å². The molecule has 0 saturated carbocycles. The lowest BCUT2D eigenvalue weighted by atomic mass is 10.3. The Labute approximate surface area is 145 Å². The van der Waals surface area contributed by atoms with Gasteiger partial charge in [0.05, 0.1) is 19.2 Å². The Bertz CT molecular complexity index is 723. The molecule has 2 aromatic rings. The van der Waals surface area contributed by atoms with Gasteiger partial charge in [-0.15, -0.1) is 0 Å². The van der Waals surface area contributed by atoms with Gasteiger partial charge < -0.3 is 9.73 Å². The van der Waals surface area contributed by atoms with Crippen LogP contribution in [0, 0.1) is 10.1 Å². The fraction of sp³-hybridized carbons (Fsp3) is 0.353. The van der Waals surface area contributed by atoms with Crippen molar-refractivity contribution < 1.29 is 14.1 Å². The normalized spacial score (nSPS) is 15.8. The number of nitrogens with zero attached hydrogens (tertiary/aromatic N) is 3. The third-order valence-electron chi connectivity index (χ3n) is 4.10. The number of piperazine rings is 1. The fourth-order valence-electron chi connectivity index (χ4n) is 2.80. The van der Waals surface area contributed by atoms with Crippen LogP contribution in [0.25, 0.3) is 0 Å². The largest absolute Gasteiger partial charge is 0.433 e. The summed E-state index contributed by atoms with van der Waals surface area (Å²) in [6, 6.07) is 12.4. The van der Waals surface area contributed by atoms with Crippen LogP contribution in [0.1, 0.15) is 5.76 Å². The number of anilines is 1. The van der Waals surface area contributed by atoms with Gasteiger partial charge in [-0.25, -0.2) is 0 Å². The first kappa shape index (κ1) is 17.1. The molecule has 2 heterocycles. The first-order valence-electron chi connectivity index (χ1n) is 8.13. The Morgan fingerprint density at radius 1 is 1.08 bits per heavy atom. The molecule has 0 atom stereocenters. The first-order chi connectivity index (χ1) is 12.1. The van der Waals surface area contributed by atoms with Crippen molar-refractivity contribution in [1.82, 2.24) is 9.80 Å². The van der Waals surface area contributed by atoms with Crippen LogP contribution in [0.15, 0.2) is 46.9 Å². The van der Waals surface area contributed by atoms with Crippen molar-refractivity contribution in [2.24, 2.45) is 0 Å². The Morgan fingerprint density at radius 3 is 2.40 bits per heavy atom. The van der Waals surface area contributed by atoms with Gasteiger partial charge in [-0.3, -0.25) is 24.7 Å². The van der Waals surface area contributed by atoms with E-state index in [4.69, 9.17) is 4.42 Å². The zero-order valence-corrected chi connectivity index (χ0v) is 13.8. The molecule has 0 spiro atoms. The zero-order valence-electron chi connectivity index (χ0n) is 13.8. The van der Waals surface area contributed by atoms with Crippen molar-refractivity contribution in [3.05, 3.63) is 58.3 Å². The van der Waals surface area contributed by atoms with E-state index in [0.29, 0.717) is 18.8 Å². The number of benzene rings is 1. The minimum atomic E-state index is -0.535. The number of carbonyl (C=O) groups is 1. The summed E-state index contributed by atoms with van der Waals surface area (Å²) in [6.45, 7) is 4.00. The molecular formula is C17H20N4O4. The molecule has 8 heteroatoms. The Kier molecular flexibility index (Phi) is 5.42. The highest BCUT2D eigenvalue weighted by atomic mass is 16.6. The quantitative estimate of drug-likeness (QED) is 0.636. The summed E-state index contributed by atoms with van der Waals surface area (Å²) in [6.07, 6.45) is 0. The van der Waals surface area contributed by atoms with Gasteiger partial charge in [0.15, 0.2) is 0 Å². The van der Waals surface area contributed by atoms with Gasteiger partial charge in [0, 0.05) is 31.9 Å². The molecule has 0 unspecified atom stereocenters. The van der Waals surface area contributed by atoms with Crippen molar-refractivity contribution in [3.63, 3.8) is 0 Å². The van der Waals surface area contributed by atoms with Gasteiger partial charge in [0.2, 0.25) is 5.91 Å². The molecule has 132 valence electrons. The molecule has 1 N–H and O–H groups in total. The molecule has 1 aliphatic rings. The summed E-state index contributed by atoms with van der Waals surface area (Å²) >= 11 is 0. The van der Waals surface area contributed by atoms with Gasteiger partial charge in [0.1, 0.15) is 10.7 Å². The van der Waals surface area contributed by atoms with Crippen molar-refractivity contribution >= 4 is 17.5 Å². The number of amides is 1. The molecule has 0 aliphatic carbocycles. The maximum atomic E-state index is 12.1. The summed E-state index contributed by atoms with van der Waals surface area (Å²) in [7, 11) is 0. The number of hydrogen-bond donors (Lipinski definition) is 1. The average Bonchev–Trinajstić information content (AvgIpc) is 3.06. The Balaban J connectivity index is 1.42. The lowest BCUT2D eigenvalue weighted by Gasteiger charge is -2.33. The molecular weight excluding hydrogens is 324 g/mol. The van der Waals surface area contributed by atoms with Crippen molar-refractivity contribution in [1.29, 1.82) is 0 Å². The van der Waals surface area contributed by atoms with Gasteiger partial charge in [0.25, 0.3) is 0 Å². The smallest absolute Gasteiger partial charge is 0.404 e. The standard InChI is InChI=1S/C17H20N4O4/c22-16(18-14-4-2-1-3-5-14)13-20-10-8-19(9-11-20)12-15-6-7-17(25-15)21(23)24/h1-7H,8-13H2,(H,18,22). The predicted molar refractivity (Wildman–Crippen MR) is 92.2 cm³/mol. The number of para-hydroxylation sites is 1. The molecule has 25 heavy (non-hydrogen) atoms. The maximum absolute atomic E-state index is 12.1. The molecule has 1 aromatic heterocycles. The first-order valence-corrected chi connectivity index (χ1v) is 8.13. The molecule has 0 bridgehead atoms. The highest BCUT2D eigenvalue weighted by Crippen LogP contribution is 2.18. The monoisotopic (exact) mass is 344 g/mol. The van der Waals surface area contributed by atoms with Crippen LogP contribution < -0.4 is 5.32 Å². The van der Waals surface area contributed by atoms with Crippen LogP contribution in [0.4, 0.5) is 11.6 Å². The van der Waals surface area contributed by atoms with Crippen LogP contribution in [0.3, 0.4) is 0 Å². The molecule has 1 saturated heterocycles. The van der Waals surface area contributed by atoms with E-state index in [2.05, 4.69) is 15.1 Å². The summed E-state index contributed by atoms with van der Waals surface area (Å²) in [5.41, 5.74) is 0.797. The number of furan rings is 1. The lowest BCUT2D eigenvalue weighted by molar-refractivity contribution is -0.402. The highest BCUT2D eigenvalue weighted by Gasteiger charge is 2.21. The van der Waals surface area contributed by atoms with E-state index in [1.54, 1.807) is 6.07 Å². The molecule has 8 nitrogen and oxygen atoms in total. The average molecular weight is 344 g/mol. The zero-order chi connectivity index (χ0) is 17.6. The van der Waals surface area contributed by atoms with Gasteiger partial charge in [-0.05, 0) is 18.2 Å². The van der Waals surface area contributed by atoms with Gasteiger partial charge >= 0.3 is 5.88 Å². The third-order valence-corrected chi connectivity index (χ3v) is 4.10. The van der Waals surface area contributed by atoms with Crippen LogP contribution in [0.5, 0.6) is 0 Å². The van der Waals surface area contributed by atoms with E-state index >= 15 is 0 Å². The number of nitro groups is 1. The van der Waals surface area contributed by atoms with Crippen molar-refractivity contribution in [2.45, 2.75) is 6.54 Å². The van der Waals surface area contributed by atoms with E-state index < -0.39 is 4.92 Å². The number of rotatable bonds is 6. The van der Waals surface area contributed by atoms with E-state index in [1.807, 2.05) is 30.3 Å². The molecule has 1 amide bonds. The van der Waals surface area contributed by atoms with Gasteiger partial charge in [-0.2, -0.15) is 0 Å². The van der Waals surface area contributed by atoms with E-state index in [-0.39, 0.29) is 11.8 Å². The van der Waals surface area contributed by atoms with E-state index in [0.717, 1.165) is 31.9 Å². The lowest BCUT2D eigenvalue weighted by Crippen LogP contribution is -2.48. The second kappa shape index (κ2) is 7.91. The second-order valence-electron chi connectivity index (χ2n) is 5.96. The second-order valence-corrected chi connectivity index (χ2v) is 5.96. The van der Waals surface area contributed by atoms with Crippen LogP contribution in [0.2, 0.25) is 0 Å². The van der Waals surface area contributed by atoms with Crippen LogP contribution in [-0.2, 0) is 11.3 Å². The Hall–Kier alpha value is -2.71. The number of nitrogens with one attached hydrogen (secondary N) is 1. The number of carbonyl (C=O) groups excluding carboxylic acids is 1. The van der Waals surface area contributed by atoms with E-state index in [9.17, 15) is 14.9 Å². The Morgan fingerprint density at radius 2 is 1.76 bits per heavy atom. The minimum absolute atomic E-state index is 0.0266. The minimum Gasteiger partial charge on any atom is -0.404 e. The van der Waals surface area contributed by atoms with Crippen LogP contribution >= 0.6 is 0 Å². The van der Waals surface area contributed by atoms with Crippen molar-refractivity contribution in [2.75, 3.05) is 38.0 Å². The summed E-state index contributed by atoms with van der Waals surface area (Å²) in [5, 5.41) is 13.5. The summed E-state index contributed by atoms with van der Waals surface area (Å²) in [5.74, 6) is 0.328. The molecule has 0 radical (unpaired) electrons. The molecule has 1 aromatic carbocycles. The topological polar surface area (TPSA) is 91.9 Å². The third kappa shape index (κ3) is 4.88. The maximum Gasteiger partial charge on any atom is 0.433 e. The molecule has 1 aliphatic heterocycles. The SMILES string of the molecule is O=C(CN1CCN(Cc2ccc([N+](=O)[O-])o2)CC1)Nc1ccccc1. The van der Waals surface area contributed by atoms with E-state index in [1.165, 1.54) is 6.07 Å². The van der Waals surface area contributed by atoms with Crippen LogP contribution in [-0.4, -0.2) is 53.4 Å². The predicted octanol–water partition coefficient (Wildman–Crippen LogP) is 1.94. The fourth-order valence-corrected chi connectivity index (χ4v) is 2.80. The summed E-state index contributed by atoms with van der Waals surface area (Å²) in [4.78, 5) is 26.4. The van der Waals surface area contributed by atoms with Gasteiger partial charge in [-0.1, -0.05) is 18.2 Å². The highest BCUT2D eigenvalue weighted by molar-refractivity contribution is 5.92. The number of hydrogen-bond acceptors (Lipinski definition) is 6. The molecule has 1 fully saturated rings. The molecule has 3 rings (SSSR count).